The Morgan fingerprint density at radius 1 is 1.50 bits per heavy atom. The molecule has 0 aliphatic carbocycles. The van der Waals surface area contributed by atoms with Gasteiger partial charge in [0.05, 0.1) is 5.75 Å². The number of sulfone groups is 1. The summed E-state index contributed by atoms with van der Waals surface area (Å²) in [5.74, 6) is 1.30. The maximum Gasteiger partial charge on any atom is 0.156 e. The molecule has 1 rings (SSSR count). The van der Waals surface area contributed by atoms with Crippen LogP contribution in [0.25, 0.3) is 0 Å². The van der Waals surface area contributed by atoms with E-state index in [1.165, 1.54) is 6.26 Å². The third-order valence-corrected chi connectivity index (χ3v) is 4.72. The molecular formula is C10H20N2O2S2. The summed E-state index contributed by atoms with van der Waals surface area (Å²) in [6.07, 6.45) is 1.91. The molecular weight excluding hydrogens is 244 g/mol. The van der Waals surface area contributed by atoms with E-state index in [1.54, 1.807) is 11.8 Å². The summed E-state index contributed by atoms with van der Waals surface area (Å²) in [5.41, 5.74) is 0.280. The smallest absolute Gasteiger partial charge is 0.156 e. The maximum atomic E-state index is 10.9. The van der Waals surface area contributed by atoms with Gasteiger partial charge in [-0.1, -0.05) is 25.6 Å². The highest BCUT2D eigenvalue weighted by Gasteiger charge is 2.22. The minimum atomic E-state index is -2.83. The van der Waals surface area contributed by atoms with Crippen molar-refractivity contribution in [1.82, 2.24) is 5.32 Å². The van der Waals surface area contributed by atoms with Crippen molar-refractivity contribution in [1.29, 1.82) is 0 Å². The highest BCUT2D eigenvalue weighted by atomic mass is 32.2. The van der Waals surface area contributed by atoms with Crippen LogP contribution in [0.4, 0.5) is 0 Å². The molecule has 0 fully saturated rings. The predicted octanol–water partition coefficient (Wildman–Crippen LogP) is 1.14. The Kier molecular flexibility index (Phi) is 4.67. The van der Waals surface area contributed by atoms with E-state index in [1.807, 2.05) is 0 Å². The summed E-state index contributed by atoms with van der Waals surface area (Å²) in [5, 5.41) is 4.13. The van der Waals surface area contributed by atoms with Crippen LogP contribution >= 0.6 is 11.8 Å². The Morgan fingerprint density at radius 3 is 2.69 bits per heavy atom. The van der Waals surface area contributed by atoms with E-state index in [0.717, 1.165) is 17.5 Å². The molecule has 0 amide bonds. The first-order valence-corrected chi connectivity index (χ1v) is 8.42. The van der Waals surface area contributed by atoms with Gasteiger partial charge in [0, 0.05) is 25.1 Å². The van der Waals surface area contributed by atoms with Crippen LogP contribution in [0.15, 0.2) is 4.99 Å². The molecule has 6 heteroatoms. The lowest BCUT2D eigenvalue weighted by molar-refractivity contribution is 0.436. The molecule has 94 valence electrons. The summed E-state index contributed by atoms with van der Waals surface area (Å²) >= 11 is 1.72. The second-order valence-electron chi connectivity index (χ2n) is 4.98. The minimum Gasteiger partial charge on any atom is -0.365 e. The molecule has 0 bridgehead atoms. The first kappa shape index (κ1) is 13.8. The normalized spacial score (nSPS) is 20.3. The average Bonchev–Trinajstić information content (AvgIpc) is 2.13. The van der Waals surface area contributed by atoms with Gasteiger partial charge in [0.15, 0.2) is 5.17 Å². The standard InChI is InChI=1S/C10H20N2O2S2/c1-10(2)7-12-9(15-8-10)11-5-4-6-16(3,13)14/h4-8H2,1-3H3,(H,11,12). The number of amidine groups is 1. The highest BCUT2D eigenvalue weighted by Crippen LogP contribution is 2.26. The zero-order chi connectivity index (χ0) is 12.2. The largest absolute Gasteiger partial charge is 0.365 e. The lowest BCUT2D eigenvalue weighted by atomic mass is 9.97. The van der Waals surface area contributed by atoms with Gasteiger partial charge < -0.3 is 5.32 Å². The Balaban J connectivity index is 2.22. The van der Waals surface area contributed by atoms with E-state index in [9.17, 15) is 8.42 Å². The molecule has 16 heavy (non-hydrogen) atoms. The zero-order valence-corrected chi connectivity index (χ0v) is 11.7. The molecule has 0 aromatic carbocycles. The van der Waals surface area contributed by atoms with Gasteiger partial charge in [0.2, 0.25) is 0 Å². The van der Waals surface area contributed by atoms with E-state index in [4.69, 9.17) is 0 Å². The zero-order valence-electron chi connectivity index (χ0n) is 10.1. The monoisotopic (exact) mass is 264 g/mol. The fourth-order valence-electron chi connectivity index (χ4n) is 1.28. The number of thioether (sulfide) groups is 1. The van der Waals surface area contributed by atoms with E-state index in [2.05, 4.69) is 24.2 Å². The Morgan fingerprint density at radius 2 is 2.19 bits per heavy atom. The maximum absolute atomic E-state index is 10.9. The summed E-state index contributed by atoms with van der Waals surface area (Å²) in [4.78, 5) is 4.44. The second kappa shape index (κ2) is 5.40. The second-order valence-corrected chi connectivity index (χ2v) is 8.21. The van der Waals surface area contributed by atoms with Crippen molar-refractivity contribution >= 4 is 26.8 Å². The van der Waals surface area contributed by atoms with Gasteiger partial charge >= 0.3 is 0 Å². The first-order valence-electron chi connectivity index (χ1n) is 5.37. The van der Waals surface area contributed by atoms with Crippen LogP contribution in [0.1, 0.15) is 20.3 Å². The Bertz CT molecular complexity index is 361. The fraction of sp³-hybridized carbons (Fsp3) is 0.900. The Labute approximate surface area is 102 Å². The lowest BCUT2D eigenvalue weighted by Gasteiger charge is -2.27. The topological polar surface area (TPSA) is 58.5 Å². The number of aliphatic imine (C=N–C) groups is 1. The quantitative estimate of drug-likeness (QED) is 0.774. The van der Waals surface area contributed by atoms with Crippen molar-refractivity contribution in [3.8, 4) is 0 Å². The number of nitrogens with zero attached hydrogens (tertiary/aromatic N) is 1. The van der Waals surface area contributed by atoms with Crippen LogP contribution in [0.5, 0.6) is 0 Å². The molecule has 4 nitrogen and oxygen atoms in total. The molecule has 0 aromatic heterocycles. The molecule has 1 N–H and O–H groups in total. The van der Waals surface area contributed by atoms with Crippen LogP contribution in [0.2, 0.25) is 0 Å². The fourth-order valence-corrected chi connectivity index (χ4v) is 2.92. The Hall–Kier alpha value is -0.230. The van der Waals surface area contributed by atoms with Gasteiger partial charge in [0.1, 0.15) is 9.84 Å². The number of hydrogen-bond acceptors (Lipinski definition) is 5. The van der Waals surface area contributed by atoms with Crippen molar-refractivity contribution in [3.05, 3.63) is 0 Å². The molecule has 0 spiro atoms. The molecule has 0 saturated carbocycles. The van der Waals surface area contributed by atoms with Crippen molar-refractivity contribution in [3.63, 3.8) is 0 Å². The van der Waals surface area contributed by atoms with Crippen LogP contribution in [-0.2, 0) is 9.84 Å². The van der Waals surface area contributed by atoms with Crippen molar-refractivity contribution < 1.29 is 8.42 Å². The highest BCUT2D eigenvalue weighted by molar-refractivity contribution is 8.13. The van der Waals surface area contributed by atoms with Gasteiger partial charge in [-0.15, -0.1) is 0 Å². The van der Waals surface area contributed by atoms with Crippen molar-refractivity contribution in [2.75, 3.05) is 30.9 Å². The van der Waals surface area contributed by atoms with E-state index in [0.29, 0.717) is 13.0 Å². The van der Waals surface area contributed by atoms with E-state index in [-0.39, 0.29) is 11.2 Å². The summed E-state index contributed by atoms with van der Waals surface area (Å²) in [6, 6.07) is 0. The van der Waals surface area contributed by atoms with Crippen molar-refractivity contribution in [2.24, 2.45) is 10.4 Å². The van der Waals surface area contributed by atoms with Gasteiger partial charge in [-0.25, -0.2) is 8.42 Å². The number of rotatable bonds is 4. The van der Waals surface area contributed by atoms with Gasteiger partial charge in [0.25, 0.3) is 0 Å². The molecule has 0 radical (unpaired) electrons. The molecule has 1 aliphatic rings. The first-order chi connectivity index (χ1) is 7.29. The predicted molar refractivity (Wildman–Crippen MR) is 70.9 cm³/mol. The summed E-state index contributed by atoms with van der Waals surface area (Å²) in [7, 11) is -2.83. The van der Waals surface area contributed by atoms with Gasteiger partial charge in [-0.2, -0.15) is 0 Å². The van der Waals surface area contributed by atoms with Gasteiger partial charge in [-0.3, -0.25) is 4.99 Å². The summed E-state index contributed by atoms with van der Waals surface area (Å²) < 4.78 is 21.8. The average molecular weight is 264 g/mol. The molecule has 0 atom stereocenters. The van der Waals surface area contributed by atoms with Gasteiger partial charge in [-0.05, 0) is 11.8 Å². The third-order valence-electron chi connectivity index (χ3n) is 2.22. The molecule has 0 unspecified atom stereocenters. The van der Waals surface area contributed by atoms with Crippen LogP contribution in [-0.4, -0.2) is 44.4 Å². The number of nitrogens with one attached hydrogen (secondary N) is 1. The SMILES string of the molecule is CC1(C)CN=C(NCCCS(C)(=O)=O)SC1. The van der Waals surface area contributed by atoms with E-state index >= 15 is 0 Å². The van der Waals surface area contributed by atoms with E-state index < -0.39 is 9.84 Å². The van der Waals surface area contributed by atoms with Crippen LogP contribution < -0.4 is 5.32 Å². The van der Waals surface area contributed by atoms with Crippen molar-refractivity contribution in [2.45, 2.75) is 20.3 Å². The summed E-state index contributed by atoms with van der Waals surface area (Å²) in [6.45, 7) is 5.92. The van der Waals surface area contributed by atoms with Crippen LogP contribution in [0.3, 0.4) is 0 Å². The molecule has 0 aromatic rings. The number of hydrogen-bond donors (Lipinski definition) is 1. The third kappa shape index (κ3) is 5.75. The molecule has 0 saturated heterocycles. The lowest BCUT2D eigenvalue weighted by Crippen LogP contribution is -2.32. The van der Waals surface area contributed by atoms with Crippen LogP contribution in [0, 0.1) is 5.41 Å². The molecule has 1 heterocycles. The molecule has 1 aliphatic heterocycles. The minimum absolute atomic E-state index is 0.240.